The molecule has 3 N–H and O–H groups in total. The zero-order valence-electron chi connectivity index (χ0n) is 10.4. The fourth-order valence-corrected chi connectivity index (χ4v) is 1.31. The molecule has 0 aliphatic heterocycles. The number of rotatable bonds is 5. The molecule has 0 saturated carbocycles. The molecule has 106 valence electrons. The number of benzene rings is 1. The van der Waals surface area contributed by atoms with Crippen LogP contribution in [0, 0.1) is 6.92 Å². The molecule has 7 heteroatoms. The Morgan fingerprint density at radius 2 is 2.11 bits per heavy atom. The maximum atomic E-state index is 11.8. The van der Waals surface area contributed by atoms with Gasteiger partial charge in [0.15, 0.2) is 0 Å². The van der Waals surface area contributed by atoms with Crippen LogP contribution in [0.3, 0.4) is 0 Å². The van der Waals surface area contributed by atoms with Gasteiger partial charge in [-0.25, -0.2) is 0 Å². The highest BCUT2D eigenvalue weighted by Gasteiger charge is 2.26. The predicted octanol–water partition coefficient (Wildman–Crippen LogP) is 2.48. The molecular formula is C12H15F3N2O2. The van der Waals surface area contributed by atoms with E-state index in [1.807, 2.05) is 0 Å². The van der Waals surface area contributed by atoms with Gasteiger partial charge in [-0.3, -0.25) is 4.79 Å². The number of carbonyl (C=O) groups excluding carboxylic acids is 1. The number of carbonyl (C=O) groups is 1. The third kappa shape index (κ3) is 6.10. The zero-order chi connectivity index (χ0) is 14.5. The first-order valence-electron chi connectivity index (χ1n) is 5.58. The van der Waals surface area contributed by atoms with E-state index in [-0.39, 0.29) is 0 Å². The molecule has 0 aliphatic carbocycles. The van der Waals surface area contributed by atoms with Crippen molar-refractivity contribution in [1.29, 1.82) is 0 Å². The van der Waals surface area contributed by atoms with Gasteiger partial charge in [0.1, 0.15) is 6.61 Å². The Hall–Kier alpha value is -1.76. The molecule has 4 nitrogen and oxygen atoms in total. The lowest BCUT2D eigenvalue weighted by molar-refractivity contribution is -0.147. The molecule has 0 radical (unpaired) electrons. The number of halogens is 3. The van der Waals surface area contributed by atoms with E-state index >= 15 is 0 Å². The van der Waals surface area contributed by atoms with Crippen LogP contribution >= 0.6 is 0 Å². The van der Waals surface area contributed by atoms with E-state index < -0.39 is 31.7 Å². The van der Waals surface area contributed by atoms with E-state index in [4.69, 9.17) is 5.73 Å². The van der Waals surface area contributed by atoms with Gasteiger partial charge in [0, 0.05) is 11.4 Å². The number of alkyl halides is 3. The lowest BCUT2D eigenvalue weighted by Gasteiger charge is -2.10. The first-order valence-corrected chi connectivity index (χ1v) is 5.58. The minimum Gasteiger partial charge on any atom is -0.399 e. The summed E-state index contributed by atoms with van der Waals surface area (Å²) in [6.07, 6.45) is -5.35. The van der Waals surface area contributed by atoms with Crippen molar-refractivity contribution in [2.24, 2.45) is 0 Å². The topological polar surface area (TPSA) is 64.3 Å². The first kappa shape index (κ1) is 15.3. The van der Waals surface area contributed by atoms with Crippen LogP contribution in [0.2, 0.25) is 0 Å². The first-order chi connectivity index (χ1) is 8.78. The van der Waals surface area contributed by atoms with Gasteiger partial charge < -0.3 is 15.8 Å². The molecule has 0 bridgehead atoms. The van der Waals surface area contributed by atoms with Crippen molar-refractivity contribution in [2.75, 3.05) is 24.3 Å². The van der Waals surface area contributed by atoms with Crippen molar-refractivity contribution in [3.8, 4) is 0 Å². The summed E-state index contributed by atoms with van der Waals surface area (Å²) in [5.74, 6) is -0.518. The minimum atomic E-state index is -4.28. The summed E-state index contributed by atoms with van der Waals surface area (Å²) in [5.41, 5.74) is 7.37. The maximum Gasteiger partial charge on any atom is 0.391 e. The smallest absolute Gasteiger partial charge is 0.391 e. The number of amides is 1. The molecular weight excluding hydrogens is 261 g/mol. The summed E-state index contributed by atoms with van der Waals surface area (Å²) in [5, 5.41) is 2.52. The highest BCUT2D eigenvalue weighted by molar-refractivity contribution is 5.92. The molecule has 0 atom stereocenters. The monoisotopic (exact) mass is 276 g/mol. The molecule has 1 amide bonds. The summed E-state index contributed by atoms with van der Waals surface area (Å²) in [6.45, 7) is 0.816. The summed E-state index contributed by atoms with van der Waals surface area (Å²) >= 11 is 0. The van der Waals surface area contributed by atoms with Crippen molar-refractivity contribution >= 4 is 17.3 Å². The zero-order valence-corrected chi connectivity index (χ0v) is 10.4. The summed E-state index contributed by atoms with van der Waals surface area (Å²) in [7, 11) is 0. The van der Waals surface area contributed by atoms with Crippen molar-refractivity contribution < 1.29 is 22.7 Å². The molecule has 0 fully saturated rings. The Bertz CT molecular complexity index is 447. The Morgan fingerprint density at radius 3 is 2.74 bits per heavy atom. The van der Waals surface area contributed by atoms with Gasteiger partial charge in [-0.15, -0.1) is 0 Å². The standard InChI is InChI=1S/C12H15F3N2O2/c1-8-2-3-9(16)6-10(8)17-11(18)7-19-5-4-12(13,14)15/h2-3,6H,4-5,7,16H2,1H3,(H,17,18). The van der Waals surface area contributed by atoms with Crippen molar-refractivity contribution in [3.63, 3.8) is 0 Å². The highest BCUT2D eigenvalue weighted by Crippen LogP contribution is 2.19. The quantitative estimate of drug-likeness (QED) is 0.641. The van der Waals surface area contributed by atoms with Crippen LogP contribution in [-0.4, -0.2) is 25.3 Å². The molecule has 1 aromatic carbocycles. The van der Waals surface area contributed by atoms with Gasteiger partial charge in [-0.05, 0) is 24.6 Å². The molecule has 19 heavy (non-hydrogen) atoms. The largest absolute Gasteiger partial charge is 0.399 e. The minimum absolute atomic E-state index is 0.426. The van der Waals surface area contributed by atoms with Gasteiger partial charge in [-0.2, -0.15) is 13.2 Å². The van der Waals surface area contributed by atoms with Crippen LogP contribution in [0.5, 0.6) is 0 Å². The summed E-state index contributed by atoms with van der Waals surface area (Å²) < 4.78 is 40.1. The van der Waals surface area contributed by atoms with Crippen LogP contribution in [0.1, 0.15) is 12.0 Å². The number of ether oxygens (including phenoxy) is 1. The van der Waals surface area contributed by atoms with Crippen molar-refractivity contribution in [1.82, 2.24) is 0 Å². The Kier molecular flexibility index (Phi) is 5.17. The number of nitrogens with one attached hydrogen (secondary N) is 1. The van der Waals surface area contributed by atoms with Crippen molar-refractivity contribution in [3.05, 3.63) is 23.8 Å². The van der Waals surface area contributed by atoms with Crippen LogP contribution in [0.25, 0.3) is 0 Å². The second-order valence-electron chi connectivity index (χ2n) is 4.04. The molecule has 0 saturated heterocycles. The molecule has 0 spiro atoms. The SMILES string of the molecule is Cc1ccc(N)cc1NC(=O)COCCC(F)(F)F. The third-order valence-electron chi connectivity index (χ3n) is 2.30. The van der Waals surface area contributed by atoms with Crippen LogP contribution < -0.4 is 11.1 Å². The second kappa shape index (κ2) is 6.42. The number of anilines is 2. The van der Waals surface area contributed by atoms with Crippen LogP contribution in [-0.2, 0) is 9.53 Å². The Morgan fingerprint density at radius 1 is 1.42 bits per heavy atom. The van der Waals surface area contributed by atoms with Gasteiger partial charge in [0.25, 0.3) is 0 Å². The molecule has 1 rings (SSSR count). The van der Waals surface area contributed by atoms with E-state index in [0.717, 1.165) is 5.56 Å². The molecule has 0 unspecified atom stereocenters. The average molecular weight is 276 g/mol. The Labute approximate surface area is 108 Å². The van der Waals surface area contributed by atoms with E-state index in [1.54, 1.807) is 25.1 Å². The number of nitrogen functional groups attached to an aromatic ring is 1. The molecule has 0 heterocycles. The van der Waals surface area contributed by atoms with E-state index in [2.05, 4.69) is 10.1 Å². The second-order valence-corrected chi connectivity index (χ2v) is 4.04. The number of aryl methyl sites for hydroxylation is 1. The summed E-state index contributed by atoms with van der Waals surface area (Å²) in [6, 6.07) is 4.99. The normalized spacial score (nSPS) is 11.4. The fourth-order valence-electron chi connectivity index (χ4n) is 1.31. The highest BCUT2D eigenvalue weighted by atomic mass is 19.4. The maximum absolute atomic E-state index is 11.8. The van der Waals surface area contributed by atoms with E-state index in [0.29, 0.717) is 11.4 Å². The molecule has 0 aromatic heterocycles. The van der Waals surface area contributed by atoms with Gasteiger partial charge in [-0.1, -0.05) is 6.07 Å². The van der Waals surface area contributed by atoms with E-state index in [9.17, 15) is 18.0 Å². The van der Waals surface area contributed by atoms with Gasteiger partial charge in [0.2, 0.25) is 5.91 Å². The van der Waals surface area contributed by atoms with Gasteiger partial charge >= 0.3 is 6.18 Å². The van der Waals surface area contributed by atoms with E-state index in [1.165, 1.54) is 0 Å². The third-order valence-corrected chi connectivity index (χ3v) is 2.30. The predicted molar refractivity (Wildman–Crippen MR) is 65.7 cm³/mol. The lowest BCUT2D eigenvalue weighted by Crippen LogP contribution is -2.21. The lowest BCUT2D eigenvalue weighted by atomic mass is 10.2. The van der Waals surface area contributed by atoms with Gasteiger partial charge in [0.05, 0.1) is 13.0 Å². The average Bonchev–Trinajstić information content (AvgIpc) is 2.28. The fraction of sp³-hybridized carbons (Fsp3) is 0.417. The Balaban J connectivity index is 2.37. The van der Waals surface area contributed by atoms with Crippen LogP contribution in [0.4, 0.5) is 24.5 Å². The number of nitrogens with two attached hydrogens (primary N) is 1. The molecule has 1 aromatic rings. The summed E-state index contributed by atoms with van der Waals surface area (Å²) in [4.78, 5) is 11.4. The number of hydrogen-bond donors (Lipinski definition) is 2. The molecule has 0 aliphatic rings. The van der Waals surface area contributed by atoms with Crippen molar-refractivity contribution in [2.45, 2.75) is 19.5 Å². The van der Waals surface area contributed by atoms with Crippen LogP contribution in [0.15, 0.2) is 18.2 Å². The number of hydrogen-bond acceptors (Lipinski definition) is 3.